The molecule has 0 aliphatic heterocycles. The number of pyridine rings is 1. The number of aryl methyl sites for hydroxylation is 1. The molecule has 2 aromatic rings. The highest BCUT2D eigenvalue weighted by molar-refractivity contribution is 9.10. The van der Waals surface area contributed by atoms with Crippen molar-refractivity contribution in [3.63, 3.8) is 0 Å². The maximum atomic E-state index is 5.21. The van der Waals surface area contributed by atoms with Crippen LogP contribution in [0.4, 0.5) is 5.82 Å². The Morgan fingerprint density at radius 2 is 2.00 bits per heavy atom. The molecule has 2 rings (SSSR count). The van der Waals surface area contributed by atoms with Crippen molar-refractivity contribution in [2.75, 3.05) is 12.4 Å². The number of hydrogen-bond donors (Lipinski definition) is 1. The summed E-state index contributed by atoms with van der Waals surface area (Å²) in [5.74, 6) is 0.859. The van der Waals surface area contributed by atoms with Crippen LogP contribution >= 0.6 is 15.9 Å². The van der Waals surface area contributed by atoms with Crippen molar-refractivity contribution in [2.24, 2.45) is 0 Å². The minimum absolute atomic E-state index is 0.625. The second-order valence-electron chi connectivity index (χ2n) is 4.40. The maximum absolute atomic E-state index is 5.21. The first-order valence-electron chi connectivity index (χ1n) is 6.12. The normalized spacial score (nSPS) is 10.5. The van der Waals surface area contributed by atoms with Crippen LogP contribution in [-0.2, 0) is 17.9 Å². The molecular weight excluding hydrogens is 304 g/mol. The number of ether oxygens (including phenoxy) is 1. The molecule has 0 unspecified atom stereocenters. The molecule has 0 spiro atoms. The van der Waals surface area contributed by atoms with Crippen molar-refractivity contribution < 1.29 is 4.74 Å². The quantitative estimate of drug-likeness (QED) is 0.906. The van der Waals surface area contributed by atoms with Gasteiger partial charge in [0.2, 0.25) is 0 Å². The van der Waals surface area contributed by atoms with E-state index in [2.05, 4.69) is 44.4 Å². The Labute approximate surface area is 122 Å². The minimum atomic E-state index is 0.625. The molecule has 1 N–H and O–H groups in total. The van der Waals surface area contributed by atoms with E-state index in [1.807, 2.05) is 25.3 Å². The Kier molecular flexibility index (Phi) is 4.93. The number of methoxy groups -OCH3 is 1. The largest absolute Gasteiger partial charge is 0.380 e. The van der Waals surface area contributed by atoms with Crippen LogP contribution in [0.1, 0.15) is 16.7 Å². The summed E-state index contributed by atoms with van der Waals surface area (Å²) >= 11 is 3.52. The molecule has 0 amide bonds. The molecule has 0 fully saturated rings. The van der Waals surface area contributed by atoms with Gasteiger partial charge in [-0.25, -0.2) is 4.98 Å². The van der Waals surface area contributed by atoms with Gasteiger partial charge in [-0.2, -0.15) is 0 Å². The molecule has 0 aliphatic carbocycles. The molecule has 4 heteroatoms. The van der Waals surface area contributed by atoms with Gasteiger partial charge in [0.1, 0.15) is 5.82 Å². The molecule has 0 atom stereocenters. The van der Waals surface area contributed by atoms with Crippen molar-refractivity contribution >= 4 is 21.7 Å². The number of hydrogen-bond acceptors (Lipinski definition) is 3. The van der Waals surface area contributed by atoms with Crippen molar-refractivity contribution in [1.82, 2.24) is 4.98 Å². The number of halogens is 1. The molecule has 3 nitrogen and oxygen atoms in total. The second-order valence-corrected chi connectivity index (χ2v) is 5.25. The van der Waals surface area contributed by atoms with E-state index in [1.165, 1.54) is 11.1 Å². The Bertz CT molecular complexity index is 558. The van der Waals surface area contributed by atoms with E-state index in [0.717, 1.165) is 22.4 Å². The lowest BCUT2D eigenvalue weighted by Gasteiger charge is -2.11. The van der Waals surface area contributed by atoms with Gasteiger partial charge in [0.25, 0.3) is 0 Å². The Morgan fingerprint density at radius 3 is 2.68 bits per heavy atom. The fraction of sp³-hybridized carbons (Fsp3) is 0.267. The lowest BCUT2D eigenvalue weighted by Crippen LogP contribution is -2.05. The van der Waals surface area contributed by atoms with Crippen LogP contribution in [0.3, 0.4) is 0 Å². The highest BCUT2D eigenvalue weighted by Gasteiger charge is 2.04. The van der Waals surface area contributed by atoms with Gasteiger partial charge in [-0.05, 0) is 45.6 Å². The highest BCUT2D eigenvalue weighted by Crippen LogP contribution is 2.21. The van der Waals surface area contributed by atoms with Gasteiger partial charge in [-0.15, -0.1) is 0 Å². The summed E-state index contributed by atoms with van der Waals surface area (Å²) in [7, 11) is 1.71. The van der Waals surface area contributed by atoms with Crippen LogP contribution in [0, 0.1) is 6.92 Å². The SMILES string of the molecule is COCc1ccccc1CNc1ncc(C)cc1Br. The zero-order valence-electron chi connectivity index (χ0n) is 11.1. The second kappa shape index (κ2) is 6.68. The average Bonchev–Trinajstić information content (AvgIpc) is 2.40. The van der Waals surface area contributed by atoms with Crippen LogP contribution in [-0.4, -0.2) is 12.1 Å². The Hall–Kier alpha value is -1.39. The lowest BCUT2D eigenvalue weighted by molar-refractivity contribution is 0.184. The smallest absolute Gasteiger partial charge is 0.140 e. The third-order valence-electron chi connectivity index (χ3n) is 2.84. The standard InChI is InChI=1S/C15H17BrN2O/c1-11-7-14(16)15(17-8-11)18-9-12-5-3-4-6-13(12)10-19-2/h3-8H,9-10H2,1-2H3,(H,17,18). The Balaban J connectivity index is 2.10. The lowest BCUT2D eigenvalue weighted by atomic mass is 10.1. The summed E-state index contributed by atoms with van der Waals surface area (Å²) in [6.07, 6.45) is 1.86. The molecular formula is C15H17BrN2O. The van der Waals surface area contributed by atoms with Crippen LogP contribution < -0.4 is 5.32 Å². The van der Waals surface area contributed by atoms with Gasteiger partial charge in [-0.1, -0.05) is 24.3 Å². The summed E-state index contributed by atoms with van der Waals surface area (Å²) in [4.78, 5) is 4.38. The zero-order chi connectivity index (χ0) is 13.7. The van der Waals surface area contributed by atoms with Crippen LogP contribution in [0.25, 0.3) is 0 Å². The summed E-state index contributed by atoms with van der Waals surface area (Å²) in [5, 5.41) is 3.34. The van der Waals surface area contributed by atoms with Gasteiger partial charge in [-0.3, -0.25) is 0 Å². The summed E-state index contributed by atoms with van der Waals surface area (Å²) in [6.45, 7) is 3.38. The molecule has 1 aromatic carbocycles. The van der Waals surface area contributed by atoms with Crippen molar-refractivity contribution in [2.45, 2.75) is 20.1 Å². The molecule has 1 heterocycles. The van der Waals surface area contributed by atoms with Crippen LogP contribution in [0.2, 0.25) is 0 Å². The van der Waals surface area contributed by atoms with E-state index >= 15 is 0 Å². The number of nitrogens with one attached hydrogen (secondary N) is 1. The van der Waals surface area contributed by atoms with E-state index in [9.17, 15) is 0 Å². The topological polar surface area (TPSA) is 34.1 Å². The van der Waals surface area contributed by atoms with E-state index in [4.69, 9.17) is 4.74 Å². The van der Waals surface area contributed by atoms with Gasteiger partial charge in [0.15, 0.2) is 0 Å². The molecule has 0 radical (unpaired) electrons. The van der Waals surface area contributed by atoms with Crippen molar-refractivity contribution in [3.05, 3.63) is 57.7 Å². The minimum Gasteiger partial charge on any atom is -0.380 e. The van der Waals surface area contributed by atoms with E-state index in [0.29, 0.717) is 6.61 Å². The Morgan fingerprint density at radius 1 is 1.26 bits per heavy atom. The first-order valence-corrected chi connectivity index (χ1v) is 6.91. The number of rotatable bonds is 5. The summed E-state index contributed by atoms with van der Waals surface area (Å²) < 4.78 is 6.19. The van der Waals surface area contributed by atoms with Crippen molar-refractivity contribution in [1.29, 1.82) is 0 Å². The van der Waals surface area contributed by atoms with E-state index in [-0.39, 0.29) is 0 Å². The predicted molar refractivity (Wildman–Crippen MR) is 81.2 cm³/mol. The van der Waals surface area contributed by atoms with E-state index in [1.54, 1.807) is 7.11 Å². The third kappa shape index (κ3) is 3.78. The van der Waals surface area contributed by atoms with Crippen LogP contribution in [0.15, 0.2) is 41.0 Å². The molecule has 0 bridgehead atoms. The zero-order valence-corrected chi connectivity index (χ0v) is 12.7. The first-order chi connectivity index (χ1) is 9.20. The molecule has 19 heavy (non-hydrogen) atoms. The number of benzene rings is 1. The summed E-state index contributed by atoms with van der Waals surface area (Å²) in [5.41, 5.74) is 3.55. The molecule has 100 valence electrons. The van der Waals surface area contributed by atoms with E-state index < -0.39 is 0 Å². The van der Waals surface area contributed by atoms with Crippen LogP contribution in [0.5, 0.6) is 0 Å². The monoisotopic (exact) mass is 320 g/mol. The van der Waals surface area contributed by atoms with Gasteiger partial charge >= 0.3 is 0 Å². The average molecular weight is 321 g/mol. The fourth-order valence-corrected chi connectivity index (χ4v) is 2.47. The van der Waals surface area contributed by atoms with Gasteiger partial charge in [0, 0.05) is 19.9 Å². The number of aromatic nitrogens is 1. The molecule has 0 aliphatic rings. The highest BCUT2D eigenvalue weighted by atomic mass is 79.9. The predicted octanol–water partition coefficient (Wildman–Crippen LogP) is 3.91. The number of anilines is 1. The van der Waals surface area contributed by atoms with Gasteiger partial charge < -0.3 is 10.1 Å². The summed E-state index contributed by atoms with van der Waals surface area (Å²) in [6, 6.07) is 10.3. The molecule has 1 aromatic heterocycles. The number of nitrogens with zero attached hydrogens (tertiary/aromatic N) is 1. The first kappa shape index (κ1) is 14.0. The van der Waals surface area contributed by atoms with Crippen molar-refractivity contribution in [3.8, 4) is 0 Å². The molecule has 0 saturated heterocycles. The van der Waals surface area contributed by atoms with Gasteiger partial charge in [0.05, 0.1) is 11.1 Å². The third-order valence-corrected chi connectivity index (χ3v) is 3.45. The molecule has 0 saturated carbocycles. The maximum Gasteiger partial charge on any atom is 0.140 e. The fourth-order valence-electron chi connectivity index (χ4n) is 1.87.